The van der Waals surface area contributed by atoms with E-state index < -0.39 is 5.79 Å². The smallest absolute Gasteiger partial charge is 0.317 e. The maximum Gasteiger partial charge on any atom is 0.317 e. The van der Waals surface area contributed by atoms with E-state index in [2.05, 4.69) is 17.2 Å². The van der Waals surface area contributed by atoms with E-state index in [4.69, 9.17) is 9.47 Å². The highest BCUT2D eigenvalue weighted by Gasteiger charge is 2.42. The van der Waals surface area contributed by atoms with Crippen molar-refractivity contribution in [3.8, 4) is 0 Å². The molecule has 2 aliphatic heterocycles. The minimum absolute atomic E-state index is 0.000275. The Kier molecular flexibility index (Phi) is 5.18. The summed E-state index contributed by atoms with van der Waals surface area (Å²) in [7, 11) is 0. The van der Waals surface area contributed by atoms with Crippen molar-refractivity contribution < 1.29 is 14.3 Å². The molecule has 0 unspecified atom stereocenters. The number of hydrogen-bond acceptors (Lipinski definition) is 5. The van der Waals surface area contributed by atoms with Gasteiger partial charge in [0.25, 0.3) is 0 Å². The molecule has 2 fully saturated rings. The van der Waals surface area contributed by atoms with Crippen LogP contribution in [0.3, 0.4) is 0 Å². The first kappa shape index (κ1) is 16.7. The van der Waals surface area contributed by atoms with Gasteiger partial charge in [0, 0.05) is 43.0 Å². The molecule has 0 radical (unpaired) electrons. The standard InChI is InChI=1S/C16H25N3O3S/c1-12(14-17-5-9-23-14)10-18-15(20)19-6-3-4-13(11-19)16(2)21-7-8-22-16/h5,9,12-13H,3-4,6-8,10-11H2,1-2H3,(H,18,20)/t12-,13+/m1/s1. The topological polar surface area (TPSA) is 63.7 Å². The number of hydrogen-bond donors (Lipinski definition) is 1. The van der Waals surface area contributed by atoms with Crippen molar-refractivity contribution in [3.05, 3.63) is 16.6 Å². The summed E-state index contributed by atoms with van der Waals surface area (Å²) in [5.41, 5.74) is 0. The number of rotatable bonds is 4. The van der Waals surface area contributed by atoms with E-state index in [0.717, 1.165) is 24.4 Å². The van der Waals surface area contributed by atoms with Crippen LogP contribution in [0.1, 0.15) is 37.6 Å². The molecular formula is C16H25N3O3S. The number of urea groups is 1. The number of aromatic nitrogens is 1. The first-order valence-corrected chi connectivity index (χ1v) is 9.16. The molecule has 1 aromatic heterocycles. The molecule has 2 saturated heterocycles. The number of thiazole rings is 1. The first-order valence-electron chi connectivity index (χ1n) is 8.28. The van der Waals surface area contributed by atoms with Crippen molar-refractivity contribution in [2.24, 2.45) is 5.92 Å². The maximum absolute atomic E-state index is 12.5. The van der Waals surface area contributed by atoms with Gasteiger partial charge in [-0.2, -0.15) is 0 Å². The van der Waals surface area contributed by atoms with Crippen molar-refractivity contribution in [2.75, 3.05) is 32.8 Å². The highest BCUT2D eigenvalue weighted by Crippen LogP contribution is 2.34. The zero-order valence-corrected chi connectivity index (χ0v) is 14.6. The van der Waals surface area contributed by atoms with Crippen molar-refractivity contribution >= 4 is 17.4 Å². The van der Waals surface area contributed by atoms with Crippen molar-refractivity contribution in [1.29, 1.82) is 0 Å². The lowest BCUT2D eigenvalue weighted by atomic mass is 9.90. The molecule has 1 aromatic rings. The summed E-state index contributed by atoms with van der Waals surface area (Å²) in [6.45, 7) is 7.46. The summed E-state index contributed by atoms with van der Waals surface area (Å²) >= 11 is 1.63. The van der Waals surface area contributed by atoms with Gasteiger partial charge in [0.15, 0.2) is 5.79 Å². The van der Waals surface area contributed by atoms with Gasteiger partial charge >= 0.3 is 6.03 Å². The van der Waals surface area contributed by atoms with Gasteiger partial charge in [-0.25, -0.2) is 9.78 Å². The largest absolute Gasteiger partial charge is 0.347 e. The molecule has 3 rings (SSSR count). The molecule has 7 heteroatoms. The average Bonchev–Trinajstić information content (AvgIpc) is 3.25. The van der Waals surface area contributed by atoms with Gasteiger partial charge < -0.3 is 19.7 Å². The maximum atomic E-state index is 12.5. The van der Waals surface area contributed by atoms with E-state index >= 15 is 0 Å². The van der Waals surface area contributed by atoms with Gasteiger partial charge in [-0.05, 0) is 19.8 Å². The lowest BCUT2D eigenvalue weighted by molar-refractivity contribution is -0.189. The predicted octanol–water partition coefficient (Wildman–Crippen LogP) is 2.43. The number of carbonyl (C=O) groups excluding carboxylic acids is 1. The van der Waals surface area contributed by atoms with Crippen LogP contribution < -0.4 is 5.32 Å². The van der Waals surface area contributed by atoms with Gasteiger partial charge in [-0.3, -0.25) is 0 Å². The molecule has 0 bridgehead atoms. The Bertz CT molecular complexity index is 517. The third-order valence-corrected chi connectivity index (χ3v) is 5.75. The van der Waals surface area contributed by atoms with Crippen LogP contribution in [0, 0.1) is 5.92 Å². The van der Waals surface area contributed by atoms with Crippen LogP contribution in [0.25, 0.3) is 0 Å². The second kappa shape index (κ2) is 7.15. The lowest BCUT2D eigenvalue weighted by Crippen LogP contribution is -2.51. The van der Waals surface area contributed by atoms with Crippen molar-refractivity contribution in [2.45, 2.75) is 38.4 Å². The monoisotopic (exact) mass is 339 g/mol. The summed E-state index contributed by atoms with van der Waals surface area (Å²) in [4.78, 5) is 18.6. The molecule has 3 heterocycles. The fraction of sp³-hybridized carbons (Fsp3) is 0.750. The van der Waals surface area contributed by atoms with Crippen LogP contribution in [0.4, 0.5) is 4.79 Å². The third-order valence-electron chi connectivity index (χ3n) is 4.74. The molecule has 6 nitrogen and oxygen atoms in total. The van der Waals surface area contributed by atoms with E-state index in [1.807, 2.05) is 17.2 Å². The zero-order chi connectivity index (χ0) is 16.3. The van der Waals surface area contributed by atoms with E-state index in [1.54, 1.807) is 17.5 Å². The summed E-state index contributed by atoms with van der Waals surface area (Å²) < 4.78 is 11.5. The molecular weight excluding hydrogens is 314 g/mol. The molecule has 2 amide bonds. The van der Waals surface area contributed by atoms with Crippen LogP contribution in [-0.4, -0.2) is 54.6 Å². The van der Waals surface area contributed by atoms with E-state index in [1.165, 1.54) is 0 Å². The minimum Gasteiger partial charge on any atom is -0.347 e. The molecule has 0 aromatic carbocycles. The van der Waals surface area contributed by atoms with E-state index in [0.29, 0.717) is 26.3 Å². The molecule has 0 spiro atoms. The van der Waals surface area contributed by atoms with Crippen LogP contribution in [0.15, 0.2) is 11.6 Å². The van der Waals surface area contributed by atoms with Gasteiger partial charge in [0.05, 0.1) is 18.2 Å². The number of ether oxygens (including phenoxy) is 2. The Morgan fingerprint density at radius 2 is 2.35 bits per heavy atom. The summed E-state index contributed by atoms with van der Waals surface area (Å²) in [6.07, 6.45) is 3.83. The molecule has 128 valence electrons. The van der Waals surface area contributed by atoms with Crippen molar-refractivity contribution in [3.63, 3.8) is 0 Å². The number of carbonyl (C=O) groups is 1. The Labute approximate surface area is 141 Å². The van der Waals surface area contributed by atoms with Gasteiger partial charge in [0.2, 0.25) is 0 Å². The van der Waals surface area contributed by atoms with Crippen LogP contribution in [0.2, 0.25) is 0 Å². The lowest BCUT2D eigenvalue weighted by Gasteiger charge is -2.39. The molecule has 2 atom stereocenters. The molecule has 2 aliphatic rings. The number of piperidine rings is 1. The first-order chi connectivity index (χ1) is 11.1. The molecule has 0 saturated carbocycles. The second-order valence-corrected chi connectivity index (χ2v) is 7.38. The zero-order valence-electron chi connectivity index (χ0n) is 13.8. The quantitative estimate of drug-likeness (QED) is 0.915. The molecule has 23 heavy (non-hydrogen) atoms. The van der Waals surface area contributed by atoms with Gasteiger partial charge in [-0.15, -0.1) is 11.3 Å². The van der Waals surface area contributed by atoms with Crippen LogP contribution in [-0.2, 0) is 9.47 Å². The highest BCUT2D eigenvalue weighted by molar-refractivity contribution is 7.09. The third kappa shape index (κ3) is 3.84. The second-order valence-electron chi connectivity index (χ2n) is 6.46. The van der Waals surface area contributed by atoms with Crippen LogP contribution >= 0.6 is 11.3 Å². The molecule has 0 aliphatic carbocycles. The Balaban J connectivity index is 1.51. The number of likely N-dealkylation sites (tertiary alicyclic amines) is 1. The molecule has 1 N–H and O–H groups in total. The Morgan fingerprint density at radius 1 is 1.57 bits per heavy atom. The van der Waals surface area contributed by atoms with E-state index in [9.17, 15) is 4.79 Å². The van der Waals surface area contributed by atoms with Gasteiger partial charge in [-0.1, -0.05) is 6.92 Å². The summed E-state index contributed by atoms with van der Waals surface area (Å²) in [5.74, 6) is -0.0629. The predicted molar refractivity (Wildman–Crippen MR) is 88.5 cm³/mol. The minimum atomic E-state index is -0.535. The van der Waals surface area contributed by atoms with Gasteiger partial charge in [0.1, 0.15) is 0 Å². The Hall–Kier alpha value is -1.18. The van der Waals surface area contributed by atoms with Crippen molar-refractivity contribution in [1.82, 2.24) is 15.2 Å². The summed E-state index contributed by atoms with van der Waals surface area (Å²) in [5, 5.41) is 6.06. The summed E-state index contributed by atoms with van der Waals surface area (Å²) in [6, 6.07) is -0.000275. The number of nitrogens with one attached hydrogen (secondary N) is 1. The average molecular weight is 339 g/mol. The van der Waals surface area contributed by atoms with Crippen LogP contribution in [0.5, 0.6) is 0 Å². The Morgan fingerprint density at radius 3 is 3.04 bits per heavy atom. The normalized spacial score (nSPS) is 25.3. The van der Waals surface area contributed by atoms with E-state index in [-0.39, 0.29) is 17.9 Å². The highest BCUT2D eigenvalue weighted by atomic mass is 32.1. The fourth-order valence-corrected chi connectivity index (χ4v) is 3.97. The fourth-order valence-electron chi connectivity index (χ4n) is 3.27. The number of nitrogens with zero attached hydrogens (tertiary/aromatic N) is 2. The SMILES string of the molecule is C[C@H](CNC(=O)N1CCC[C@H](C2(C)OCCO2)C1)c1nccs1. The number of amides is 2.